The van der Waals surface area contributed by atoms with Crippen molar-refractivity contribution in [1.82, 2.24) is 29.5 Å². The highest BCUT2D eigenvalue weighted by molar-refractivity contribution is 7.08. The van der Waals surface area contributed by atoms with E-state index >= 15 is 0 Å². The van der Waals surface area contributed by atoms with Crippen molar-refractivity contribution in [2.45, 2.75) is 13.5 Å². The molecule has 11 heteroatoms. The molecule has 2 aromatic carbocycles. The van der Waals surface area contributed by atoms with Crippen molar-refractivity contribution in [3.8, 4) is 23.0 Å². The highest BCUT2D eigenvalue weighted by Crippen LogP contribution is 2.32. The van der Waals surface area contributed by atoms with Gasteiger partial charge >= 0.3 is 0 Å². The van der Waals surface area contributed by atoms with Crippen molar-refractivity contribution in [1.29, 1.82) is 0 Å². The van der Waals surface area contributed by atoms with Gasteiger partial charge in [-0.15, -0.1) is 0 Å². The van der Waals surface area contributed by atoms with Gasteiger partial charge in [-0.1, -0.05) is 17.7 Å². The molecule has 6 rings (SSSR count). The molecule has 9 nitrogen and oxygen atoms in total. The lowest BCUT2D eigenvalue weighted by molar-refractivity contribution is 0.102. The van der Waals surface area contributed by atoms with E-state index in [1.165, 1.54) is 5.56 Å². The molecule has 1 fully saturated rings. The molecule has 3 aromatic heterocycles. The normalized spacial score (nSPS) is 14.4. The van der Waals surface area contributed by atoms with Crippen molar-refractivity contribution < 1.29 is 9.53 Å². The molecule has 1 aliphatic rings. The van der Waals surface area contributed by atoms with Gasteiger partial charge in [-0.3, -0.25) is 14.4 Å². The first-order chi connectivity index (χ1) is 19.8. The van der Waals surface area contributed by atoms with Crippen LogP contribution in [0.1, 0.15) is 21.5 Å². The van der Waals surface area contributed by atoms with E-state index in [-0.39, 0.29) is 5.91 Å². The minimum atomic E-state index is -0.320. The van der Waals surface area contributed by atoms with Crippen LogP contribution in [0.3, 0.4) is 0 Å². The summed E-state index contributed by atoms with van der Waals surface area (Å²) in [5.74, 6) is 0.980. The topological polar surface area (TPSA) is 88.4 Å². The highest BCUT2D eigenvalue weighted by Gasteiger charge is 2.18. The Kier molecular flexibility index (Phi) is 7.72. The number of ether oxygens (including phenoxy) is 1. The number of halogens is 1. The lowest BCUT2D eigenvalue weighted by Crippen LogP contribution is -2.43. The van der Waals surface area contributed by atoms with Gasteiger partial charge in [0.2, 0.25) is 5.88 Å². The fraction of sp³-hybridized carbons (Fsp3) is 0.267. The number of fused-ring (bicyclic) bond motifs is 1. The van der Waals surface area contributed by atoms with Gasteiger partial charge in [0.05, 0.1) is 10.6 Å². The van der Waals surface area contributed by atoms with Crippen LogP contribution in [0.15, 0.2) is 59.4 Å². The number of anilines is 1. The van der Waals surface area contributed by atoms with Crippen molar-refractivity contribution in [3.05, 3.63) is 81.1 Å². The molecular weight excluding hydrogens is 558 g/mol. The summed E-state index contributed by atoms with van der Waals surface area (Å²) in [6.45, 7) is 7.26. The highest BCUT2D eigenvalue weighted by atomic mass is 35.5. The van der Waals surface area contributed by atoms with E-state index in [0.29, 0.717) is 44.8 Å². The van der Waals surface area contributed by atoms with Gasteiger partial charge in [0, 0.05) is 62.6 Å². The molecule has 210 valence electrons. The van der Waals surface area contributed by atoms with Crippen LogP contribution >= 0.6 is 22.9 Å². The molecule has 1 saturated heterocycles. The largest absolute Gasteiger partial charge is 0.438 e. The van der Waals surface area contributed by atoms with Crippen LogP contribution in [0.25, 0.3) is 22.4 Å². The summed E-state index contributed by atoms with van der Waals surface area (Å²) < 4.78 is 7.88. The molecule has 1 N–H and O–H groups in total. The number of nitrogens with zero attached hydrogens (tertiary/aromatic N) is 6. The molecule has 4 heterocycles. The zero-order chi connectivity index (χ0) is 28.5. The number of hydrogen-bond acceptors (Lipinski definition) is 8. The Morgan fingerprint density at radius 2 is 1.90 bits per heavy atom. The number of aromatic nitrogens is 4. The van der Waals surface area contributed by atoms with E-state index in [1.54, 1.807) is 40.4 Å². The van der Waals surface area contributed by atoms with Gasteiger partial charge < -0.3 is 15.0 Å². The van der Waals surface area contributed by atoms with Crippen LogP contribution in [0.5, 0.6) is 11.6 Å². The van der Waals surface area contributed by atoms with Crippen LogP contribution in [-0.2, 0) is 13.6 Å². The van der Waals surface area contributed by atoms with Crippen LogP contribution in [0.2, 0.25) is 5.02 Å². The Bertz CT molecular complexity index is 1710. The zero-order valence-corrected chi connectivity index (χ0v) is 24.7. The SMILES string of the molecule is Cc1cc(NC(=O)c2cc(Oc3nc(-c4ccsc4)nc4nn(C)cc34)ccc2Cl)ccc1CN1CCN(C)CC1. The first kappa shape index (κ1) is 27.3. The van der Waals surface area contributed by atoms with Crippen LogP contribution in [0, 0.1) is 6.92 Å². The van der Waals surface area contributed by atoms with Gasteiger partial charge in [0.1, 0.15) is 11.1 Å². The maximum atomic E-state index is 13.3. The summed E-state index contributed by atoms with van der Waals surface area (Å²) >= 11 is 8.03. The summed E-state index contributed by atoms with van der Waals surface area (Å²) in [6.07, 6.45) is 1.81. The minimum Gasteiger partial charge on any atom is -0.438 e. The third-order valence-corrected chi connectivity index (χ3v) is 8.24. The van der Waals surface area contributed by atoms with Crippen molar-refractivity contribution in [2.75, 3.05) is 38.5 Å². The molecule has 0 aliphatic carbocycles. The van der Waals surface area contributed by atoms with Gasteiger partial charge in [-0.25, -0.2) is 4.98 Å². The molecule has 0 radical (unpaired) electrons. The quantitative estimate of drug-likeness (QED) is 0.256. The Morgan fingerprint density at radius 1 is 1.07 bits per heavy atom. The molecule has 0 unspecified atom stereocenters. The van der Waals surface area contributed by atoms with Crippen molar-refractivity contribution in [2.24, 2.45) is 7.05 Å². The third kappa shape index (κ3) is 6.11. The number of carbonyl (C=O) groups is 1. The predicted molar refractivity (Wildman–Crippen MR) is 163 cm³/mol. The number of hydrogen-bond donors (Lipinski definition) is 1. The number of carbonyl (C=O) groups excluding carboxylic acids is 1. The summed E-state index contributed by atoms with van der Waals surface area (Å²) in [6, 6.07) is 13.0. The maximum absolute atomic E-state index is 13.3. The molecule has 0 spiro atoms. The van der Waals surface area contributed by atoms with Gasteiger partial charge in [-0.2, -0.15) is 21.4 Å². The van der Waals surface area contributed by atoms with Crippen molar-refractivity contribution >= 4 is 45.6 Å². The number of piperazine rings is 1. The maximum Gasteiger partial charge on any atom is 0.257 e. The minimum absolute atomic E-state index is 0.304. The Morgan fingerprint density at radius 3 is 2.66 bits per heavy atom. The summed E-state index contributed by atoms with van der Waals surface area (Å²) in [4.78, 5) is 27.4. The smallest absolute Gasteiger partial charge is 0.257 e. The van der Waals surface area contributed by atoms with Gasteiger partial charge in [0.25, 0.3) is 5.91 Å². The fourth-order valence-corrected chi connectivity index (χ4v) is 5.68. The second kappa shape index (κ2) is 11.6. The molecule has 1 aliphatic heterocycles. The van der Waals surface area contributed by atoms with Crippen LogP contribution in [0.4, 0.5) is 5.69 Å². The average Bonchev–Trinajstić information content (AvgIpc) is 3.62. The number of rotatable bonds is 7. The summed E-state index contributed by atoms with van der Waals surface area (Å²) in [5, 5.41) is 12.4. The number of likely N-dealkylation sites (N-methyl/N-ethyl adjacent to an activating group) is 1. The number of nitrogens with one attached hydrogen (secondary N) is 1. The number of amides is 1. The number of thiophene rings is 1. The van der Waals surface area contributed by atoms with E-state index < -0.39 is 0 Å². The van der Waals surface area contributed by atoms with E-state index in [4.69, 9.17) is 16.3 Å². The molecule has 5 aromatic rings. The predicted octanol–water partition coefficient (Wildman–Crippen LogP) is 5.85. The average molecular weight is 588 g/mol. The van der Waals surface area contributed by atoms with Crippen molar-refractivity contribution in [3.63, 3.8) is 0 Å². The van der Waals surface area contributed by atoms with E-state index in [2.05, 4.69) is 50.2 Å². The molecule has 0 bridgehead atoms. The van der Waals surface area contributed by atoms with Crippen LogP contribution in [-0.4, -0.2) is 68.7 Å². The molecule has 1 amide bonds. The first-order valence-corrected chi connectivity index (χ1v) is 14.7. The van der Waals surface area contributed by atoms with E-state index in [9.17, 15) is 4.79 Å². The standard InChI is InChI=1S/C30H30ClN7O2S/c1-19-14-22(5-4-20(19)16-38-11-9-36(2)10-12-38)32-29(39)24-15-23(6-7-26(24)31)40-30-25-17-37(3)35-28(25)33-27(34-30)21-8-13-41-18-21/h4-8,13-15,17-18H,9-12,16H2,1-3H3,(H,32,39). The molecule has 41 heavy (non-hydrogen) atoms. The van der Waals surface area contributed by atoms with Gasteiger partial charge in [0.15, 0.2) is 11.5 Å². The first-order valence-electron chi connectivity index (χ1n) is 13.4. The Hall–Kier alpha value is -3.83. The number of aryl methyl sites for hydroxylation is 2. The number of benzene rings is 2. The van der Waals surface area contributed by atoms with Gasteiger partial charge in [-0.05, 0) is 66.9 Å². The lowest BCUT2D eigenvalue weighted by Gasteiger charge is -2.32. The fourth-order valence-electron chi connectivity index (χ4n) is 4.84. The summed E-state index contributed by atoms with van der Waals surface area (Å²) in [5.41, 5.74) is 4.82. The molecular formula is C30H30ClN7O2S. The molecule has 0 saturated carbocycles. The Balaban J connectivity index is 1.20. The zero-order valence-electron chi connectivity index (χ0n) is 23.1. The Labute approximate surface area is 247 Å². The summed E-state index contributed by atoms with van der Waals surface area (Å²) in [7, 11) is 3.98. The second-order valence-corrected chi connectivity index (χ2v) is 11.5. The monoisotopic (exact) mass is 587 g/mol. The van der Waals surface area contributed by atoms with Crippen LogP contribution < -0.4 is 10.1 Å². The van der Waals surface area contributed by atoms with E-state index in [1.807, 2.05) is 36.0 Å². The lowest BCUT2D eigenvalue weighted by atomic mass is 10.1. The third-order valence-electron chi connectivity index (χ3n) is 7.23. The second-order valence-electron chi connectivity index (χ2n) is 10.3. The molecule has 0 atom stereocenters. The van der Waals surface area contributed by atoms with E-state index in [0.717, 1.165) is 43.9 Å².